The van der Waals surface area contributed by atoms with Crippen LogP contribution < -0.4 is 9.47 Å². The van der Waals surface area contributed by atoms with E-state index in [-0.39, 0.29) is 17.4 Å². The third kappa shape index (κ3) is 5.61. The van der Waals surface area contributed by atoms with Gasteiger partial charge in [-0.2, -0.15) is 0 Å². The van der Waals surface area contributed by atoms with Crippen molar-refractivity contribution in [3.63, 3.8) is 0 Å². The Morgan fingerprint density at radius 3 is 2.50 bits per heavy atom. The van der Waals surface area contributed by atoms with Crippen LogP contribution in [0, 0.1) is 0 Å². The Hall–Kier alpha value is -4.10. The summed E-state index contributed by atoms with van der Waals surface area (Å²) < 4.78 is 11.9. The lowest BCUT2D eigenvalue weighted by atomic mass is 9.94. The van der Waals surface area contributed by atoms with Gasteiger partial charge in [0.2, 0.25) is 0 Å². The van der Waals surface area contributed by atoms with Crippen molar-refractivity contribution in [3.05, 3.63) is 95.1 Å². The molecule has 1 N–H and O–H groups in total. The Morgan fingerprint density at radius 2 is 1.75 bits per heavy atom. The Morgan fingerprint density at radius 1 is 1.00 bits per heavy atom. The predicted molar refractivity (Wildman–Crippen MR) is 155 cm³/mol. The maximum absolute atomic E-state index is 13.5. The van der Waals surface area contributed by atoms with E-state index in [9.17, 15) is 14.7 Å². The Bertz CT molecular complexity index is 1410. The molecule has 0 aromatic heterocycles. The normalized spacial score (nSPS) is 19.6. The molecule has 0 aliphatic carbocycles. The van der Waals surface area contributed by atoms with Gasteiger partial charge in [-0.25, -0.2) is 0 Å². The highest BCUT2D eigenvalue weighted by molar-refractivity contribution is 6.46. The first kappa shape index (κ1) is 27.5. The van der Waals surface area contributed by atoms with E-state index < -0.39 is 17.7 Å². The summed E-state index contributed by atoms with van der Waals surface area (Å²) in [6, 6.07) is 21.5. The summed E-state index contributed by atoms with van der Waals surface area (Å²) in [5, 5.41) is 11.5. The highest BCUT2D eigenvalue weighted by atomic mass is 16.5. The number of ether oxygens (including phenoxy) is 2. The third-order valence-electron chi connectivity index (χ3n) is 7.63. The number of hydrogen-bond acceptors (Lipinski definition) is 6. The molecule has 0 radical (unpaired) electrons. The minimum Gasteiger partial charge on any atom is -0.507 e. The summed E-state index contributed by atoms with van der Waals surface area (Å²) >= 11 is 0. The predicted octanol–water partition coefficient (Wildman–Crippen LogP) is 5.96. The molecule has 2 aliphatic heterocycles. The molecule has 1 saturated heterocycles. The first-order chi connectivity index (χ1) is 19.4. The second-order valence-corrected chi connectivity index (χ2v) is 10.3. The molecule has 40 heavy (non-hydrogen) atoms. The van der Waals surface area contributed by atoms with E-state index in [4.69, 9.17) is 9.47 Å². The van der Waals surface area contributed by atoms with Crippen LogP contribution in [0.15, 0.2) is 78.4 Å². The zero-order valence-electron chi connectivity index (χ0n) is 23.3. The number of hydrogen-bond donors (Lipinski definition) is 1. The van der Waals surface area contributed by atoms with E-state index >= 15 is 0 Å². The zero-order valence-corrected chi connectivity index (χ0v) is 23.3. The van der Waals surface area contributed by atoms with Crippen LogP contribution in [0.4, 0.5) is 0 Å². The fourth-order valence-corrected chi connectivity index (χ4v) is 5.56. The van der Waals surface area contributed by atoms with E-state index in [1.807, 2.05) is 73.7 Å². The van der Waals surface area contributed by atoms with Crippen molar-refractivity contribution in [3.8, 4) is 17.2 Å². The number of aliphatic hydroxyl groups excluding tert-OH is 1. The van der Waals surface area contributed by atoms with Gasteiger partial charge in [-0.05, 0) is 86.6 Å². The third-order valence-corrected chi connectivity index (χ3v) is 7.63. The van der Waals surface area contributed by atoms with Crippen molar-refractivity contribution >= 4 is 17.4 Å². The van der Waals surface area contributed by atoms with E-state index in [0.717, 1.165) is 37.4 Å². The summed E-state index contributed by atoms with van der Waals surface area (Å²) in [7, 11) is 0. The maximum Gasteiger partial charge on any atom is 0.295 e. The largest absolute Gasteiger partial charge is 0.507 e. The molecule has 7 nitrogen and oxygen atoms in total. The number of rotatable bonds is 10. The summed E-state index contributed by atoms with van der Waals surface area (Å²) in [6.45, 7) is 9.24. The topological polar surface area (TPSA) is 79.3 Å². The summed E-state index contributed by atoms with van der Waals surface area (Å²) in [6.07, 6.45) is 1.48. The van der Waals surface area contributed by atoms with Crippen molar-refractivity contribution in [2.24, 2.45) is 0 Å². The molecule has 0 saturated carbocycles. The van der Waals surface area contributed by atoms with E-state index in [1.165, 1.54) is 0 Å². The van der Waals surface area contributed by atoms with Gasteiger partial charge < -0.3 is 24.4 Å². The number of aliphatic hydroxyl groups is 1. The molecule has 1 amide bonds. The number of Topliss-reactive ketones (excluding diaryl/α,β-unsaturated/α-hetero) is 1. The minimum atomic E-state index is -0.737. The Balaban J connectivity index is 1.54. The van der Waals surface area contributed by atoms with Crippen molar-refractivity contribution < 1.29 is 24.2 Å². The fraction of sp³-hybridized carbons (Fsp3) is 0.333. The second kappa shape index (κ2) is 12.0. The minimum absolute atomic E-state index is 0.0520. The number of para-hydroxylation sites is 1. The fourth-order valence-electron chi connectivity index (χ4n) is 5.56. The average Bonchev–Trinajstić information content (AvgIpc) is 3.46. The maximum atomic E-state index is 13.5. The molecule has 7 heteroatoms. The number of amides is 1. The molecule has 5 rings (SSSR count). The monoisotopic (exact) mass is 540 g/mol. The van der Waals surface area contributed by atoms with Crippen LogP contribution in [-0.4, -0.2) is 58.9 Å². The lowest BCUT2D eigenvalue weighted by molar-refractivity contribution is -0.140. The van der Waals surface area contributed by atoms with Crippen molar-refractivity contribution in [1.29, 1.82) is 0 Å². The number of ketones is 1. The molecule has 0 spiro atoms. The molecule has 208 valence electrons. The number of carbonyl (C=O) groups is 2. The van der Waals surface area contributed by atoms with Gasteiger partial charge in [-0.15, -0.1) is 0 Å². The van der Waals surface area contributed by atoms with Gasteiger partial charge in [-0.3, -0.25) is 9.59 Å². The number of likely N-dealkylation sites (tertiary alicyclic amines) is 1. The highest BCUT2D eigenvalue weighted by Gasteiger charge is 2.46. The van der Waals surface area contributed by atoms with E-state index in [1.54, 1.807) is 11.0 Å². The Labute approximate surface area is 235 Å². The van der Waals surface area contributed by atoms with Gasteiger partial charge in [-0.1, -0.05) is 44.2 Å². The number of nitrogens with zero attached hydrogens (tertiary/aromatic N) is 2. The second-order valence-electron chi connectivity index (χ2n) is 10.3. The zero-order chi connectivity index (χ0) is 28.2. The molecule has 3 aromatic rings. The first-order valence-corrected chi connectivity index (χ1v) is 14.0. The molecule has 1 fully saturated rings. The van der Waals surface area contributed by atoms with Gasteiger partial charge in [0.1, 0.15) is 29.1 Å². The first-order valence-electron chi connectivity index (χ1n) is 14.0. The standard InChI is InChI=1S/C33H36N2O5/c1-4-34(5-2)17-10-18-35-30(23-11-9-14-27(21-23)40-26-12-7-6-8-13-26)29(32(37)33(35)38)31(36)24-15-16-28-25(20-24)19-22(3)39-28/h6-9,11-16,20-22,30,36H,4-5,10,17-19H2,1-3H3/b31-29+/t22-,30+/m1/s1. The van der Waals surface area contributed by atoms with Crippen LogP contribution in [0.5, 0.6) is 17.2 Å². The molecule has 2 atom stereocenters. The van der Waals surface area contributed by atoms with Crippen LogP contribution in [0.1, 0.15) is 49.9 Å². The van der Waals surface area contributed by atoms with Gasteiger partial charge in [0, 0.05) is 18.5 Å². The number of fused-ring (bicyclic) bond motifs is 1. The quantitative estimate of drug-likeness (QED) is 0.194. The van der Waals surface area contributed by atoms with Crippen molar-refractivity contribution in [1.82, 2.24) is 9.80 Å². The molecular weight excluding hydrogens is 504 g/mol. The molecule has 0 bridgehead atoms. The van der Waals surface area contributed by atoms with Crippen LogP contribution in [0.2, 0.25) is 0 Å². The highest BCUT2D eigenvalue weighted by Crippen LogP contribution is 2.41. The Kier molecular flexibility index (Phi) is 8.21. The van der Waals surface area contributed by atoms with Crippen molar-refractivity contribution in [2.75, 3.05) is 26.2 Å². The summed E-state index contributed by atoms with van der Waals surface area (Å²) in [4.78, 5) is 30.8. The molecular formula is C33H36N2O5. The van der Waals surface area contributed by atoms with Gasteiger partial charge in [0.15, 0.2) is 0 Å². The number of benzene rings is 3. The van der Waals surface area contributed by atoms with Crippen LogP contribution in [0.25, 0.3) is 5.76 Å². The molecule has 0 unspecified atom stereocenters. The van der Waals surface area contributed by atoms with Crippen LogP contribution >= 0.6 is 0 Å². The van der Waals surface area contributed by atoms with Crippen LogP contribution in [-0.2, 0) is 16.0 Å². The molecule has 2 aliphatic rings. The van der Waals surface area contributed by atoms with E-state index in [0.29, 0.717) is 35.6 Å². The van der Waals surface area contributed by atoms with Gasteiger partial charge in [0.25, 0.3) is 11.7 Å². The lowest BCUT2D eigenvalue weighted by Crippen LogP contribution is -2.33. The lowest BCUT2D eigenvalue weighted by Gasteiger charge is -2.27. The van der Waals surface area contributed by atoms with Crippen LogP contribution in [0.3, 0.4) is 0 Å². The average molecular weight is 541 g/mol. The molecule has 2 heterocycles. The smallest absolute Gasteiger partial charge is 0.295 e. The van der Waals surface area contributed by atoms with E-state index in [2.05, 4.69) is 18.7 Å². The summed E-state index contributed by atoms with van der Waals surface area (Å²) in [5.74, 6) is 0.599. The van der Waals surface area contributed by atoms with Crippen molar-refractivity contribution in [2.45, 2.75) is 45.8 Å². The SMILES string of the molecule is CCN(CC)CCCN1C(=O)C(=O)/C(=C(/O)c2ccc3c(c2)C[C@@H](C)O3)[C@@H]1c1cccc(Oc2ccccc2)c1. The van der Waals surface area contributed by atoms with Gasteiger partial charge >= 0.3 is 0 Å². The summed E-state index contributed by atoms with van der Waals surface area (Å²) in [5.41, 5.74) is 2.27. The molecule has 3 aromatic carbocycles. The number of carbonyl (C=O) groups excluding carboxylic acids is 2. The van der Waals surface area contributed by atoms with Gasteiger partial charge in [0.05, 0.1) is 11.6 Å².